The van der Waals surface area contributed by atoms with Crippen molar-refractivity contribution in [1.29, 1.82) is 0 Å². The van der Waals surface area contributed by atoms with Crippen LogP contribution in [-0.4, -0.2) is 35.1 Å². The van der Waals surface area contributed by atoms with E-state index in [1.807, 2.05) is 24.3 Å². The Morgan fingerprint density at radius 2 is 2.00 bits per heavy atom. The highest BCUT2D eigenvalue weighted by atomic mass is 79.9. The van der Waals surface area contributed by atoms with Crippen LogP contribution >= 0.6 is 15.9 Å². The number of aromatic nitrogens is 3. The van der Waals surface area contributed by atoms with Gasteiger partial charge in [0.25, 0.3) is 5.91 Å². The Bertz CT molecular complexity index is 1170. The standard InChI is InChI=1S/C19H17BrN4O3S/c1-12-18(22-23-24(12)14-6-4-5-13(20)11-14)19(25)21-16-9-10-28(26,27)17-8-3-2-7-15(16)17/h2-8,11,16H,9-10H2,1H3,(H,21,25). The molecular formula is C19H17BrN4O3S. The first-order valence-electron chi connectivity index (χ1n) is 8.67. The number of nitrogens with zero attached hydrogens (tertiary/aromatic N) is 3. The van der Waals surface area contributed by atoms with Crippen LogP contribution in [0.5, 0.6) is 0 Å². The van der Waals surface area contributed by atoms with Gasteiger partial charge in [0.1, 0.15) is 0 Å². The summed E-state index contributed by atoms with van der Waals surface area (Å²) in [5.41, 5.74) is 2.21. The summed E-state index contributed by atoms with van der Waals surface area (Å²) in [6.07, 6.45) is 0.323. The largest absolute Gasteiger partial charge is 0.344 e. The van der Waals surface area contributed by atoms with Crippen molar-refractivity contribution in [2.24, 2.45) is 0 Å². The number of nitrogens with one attached hydrogen (secondary N) is 1. The maximum Gasteiger partial charge on any atom is 0.274 e. The van der Waals surface area contributed by atoms with Gasteiger partial charge in [-0.15, -0.1) is 5.10 Å². The number of hydrogen-bond donors (Lipinski definition) is 1. The SMILES string of the molecule is Cc1c(C(=O)NC2CCS(=O)(=O)c3ccccc32)nnn1-c1cccc(Br)c1. The fourth-order valence-corrected chi connectivity index (χ4v) is 5.37. The molecule has 0 fully saturated rings. The van der Waals surface area contributed by atoms with Gasteiger partial charge in [0.05, 0.1) is 28.1 Å². The second-order valence-corrected chi connectivity index (χ2v) is 9.58. The van der Waals surface area contributed by atoms with Gasteiger partial charge in [0.15, 0.2) is 15.5 Å². The molecule has 0 aliphatic carbocycles. The zero-order chi connectivity index (χ0) is 19.9. The number of amides is 1. The van der Waals surface area contributed by atoms with E-state index in [0.29, 0.717) is 17.7 Å². The van der Waals surface area contributed by atoms with Crippen LogP contribution in [0.4, 0.5) is 0 Å². The molecule has 0 saturated carbocycles. The predicted molar refractivity (Wildman–Crippen MR) is 107 cm³/mol. The molecule has 0 spiro atoms. The molecule has 1 aliphatic rings. The Hall–Kier alpha value is -2.52. The van der Waals surface area contributed by atoms with E-state index >= 15 is 0 Å². The van der Waals surface area contributed by atoms with Gasteiger partial charge in [-0.3, -0.25) is 4.79 Å². The van der Waals surface area contributed by atoms with Crippen molar-refractivity contribution in [3.05, 3.63) is 70.0 Å². The van der Waals surface area contributed by atoms with Crippen LogP contribution in [0.1, 0.15) is 34.2 Å². The monoisotopic (exact) mass is 460 g/mol. The number of halogens is 1. The summed E-state index contributed by atoms with van der Waals surface area (Å²) in [5, 5.41) is 11.1. The minimum atomic E-state index is -3.31. The van der Waals surface area contributed by atoms with Crippen molar-refractivity contribution < 1.29 is 13.2 Å². The van der Waals surface area contributed by atoms with Crippen molar-refractivity contribution in [3.8, 4) is 5.69 Å². The molecular weight excluding hydrogens is 444 g/mol. The maximum absolute atomic E-state index is 12.8. The van der Waals surface area contributed by atoms with Gasteiger partial charge in [0.2, 0.25) is 0 Å². The average Bonchev–Trinajstić information content (AvgIpc) is 3.06. The molecule has 4 rings (SSSR count). The number of hydrogen-bond acceptors (Lipinski definition) is 5. The van der Waals surface area contributed by atoms with E-state index in [0.717, 1.165) is 10.2 Å². The molecule has 0 radical (unpaired) electrons. The van der Waals surface area contributed by atoms with E-state index in [9.17, 15) is 13.2 Å². The molecule has 28 heavy (non-hydrogen) atoms. The first-order valence-corrected chi connectivity index (χ1v) is 11.1. The van der Waals surface area contributed by atoms with Gasteiger partial charge >= 0.3 is 0 Å². The van der Waals surface area contributed by atoms with Crippen molar-refractivity contribution >= 4 is 31.7 Å². The van der Waals surface area contributed by atoms with Crippen molar-refractivity contribution in [2.75, 3.05) is 5.75 Å². The highest BCUT2D eigenvalue weighted by Gasteiger charge is 2.31. The fraction of sp³-hybridized carbons (Fsp3) is 0.211. The average molecular weight is 461 g/mol. The van der Waals surface area contributed by atoms with E-state index in [4.69, 9.17) is 0 Å². The number of benzene rings is 2. The number of rotatable bonds is 3. The summed E-state index contributed by atoms with van der Waals surface area (Å²) >= 11 is 3.42. The van der Waals surface area contributed by atoms with Gasteiger partial charge in [-0.25, -0.2) is 13.1 Å². The van der Waals surface area contributed by atoms with Crippen molar-refractivity contribution in [2.45, 2.75) is 24.3 Å². The Balaban J connectivity index is 1.62. The van der Waals surface area contributed by atoms with Crippen molar-refractivity contribution in [3.63, 3.8) is 0 Å². The van der Waals surface area contributed by atoms with Crippen LogP contribution in [0.2, 0.25) is 0 Å². The second kappa shape index (κ2) is 7.14. The molecule has 0 saturated heterocycles. The third-order valence-corrected chi connectivity index (χ3v) is 7.08. The lowest BCUT2D eigenvalue weighted by Gasteiger charge is -2.26. The molecule has 9 heteroatoms. The third kappa shape index (κ3) is 3.35. The van der Waals surface area contributed by atoms with Crippen LogP contribution in [0.25, 0.3) is 5.69 Å². The lowest BCUT2D eigenvalue weighted by molar-refractivity contribution is 0.0928. The van der Waals surface area contributed by atoms with Gasteiger partial charge in [-0.2, -0.15) is 0 Å². The quantitative estimate of drug-likeness (QED) is 0.648. The number of carbonyl (C=O) groups is 1. The molecule has 1 unspecified atom stereocenters. The molecule has 2 aromatic carbocycles. The van der Waals surface area contributed by atoms with Gasteiger partial charge in [-0.05, 0) is 43.2 Å². The summed E-state index contributed by atoms with van der Waals surface area (Å²) < 4.78 is 27.0. The Kier molecular flexibility index (Phi) is 4.80. The van der Waals surface area contributed by atoms with Crippen LogP contribution < -0.4 is 5.32 Å². The molecule has 0 bridgehead atoms. The molecule has 1 aromatic heterocycles. The zero-order valence-electron chi connectivity index (χ0n) is 15.0. The first-order chi connectivity index (χ1) is 13.4. The summed E-state index contributed by atoms with van der Waals surface area (Å²) in [7, 11) is -3.31. The van der Waals surface area contributed by atoms with Crippen LogP contribution in [0.15, 0.2) is 57.9 Å². The minimum absolute atomic E-state index is 0.00131. The van der Waals surface area contributed by atoms with E-state index in [1.165, 1.54) is 0 Å². The molecule has 2 heterocycles. The van der Waals surface area contributed by atoms with Crippen molar-refractivity contribution in [1.82, 2.24) is 20.3 Å². The molecule has 1 aliphatic heterocycles. The number of sulfone groups is 1. The molecule has 1 atom stereocenters. The van der Waals surface area contributed by atoms with E-state index < -0.39 is 9.84 Å². The van der Waals surface area contributed by atoms with Gasteiger partial charge in [-0.1, -0.05) is 45.4 Å². The summed E-state index contributed by atoms with van der Waals surface area (Å²) in [4.78, 5) is 13.1. The summed E-state index contributed by atoms with van der Waals surface area (Å²) in [6.45, 7) is 1.77. The van der Waals surface area contributed by atoms with Crippen LogP contribution in [0.3, 0.4) is 0 Å². The summed E-state index contributed by atoms with van der Waals surface area (Å²) in [5.74, 6) is -0.378. The smallest absolute Gasteiger partial charge is 0.274 e. The lowest BCUT2D eigenvalue weighted by atomic mass is 10.0. The minimum Gasteiger partial charge on any atom is -0.344 e. The maximum atomic E-state index is 12.8. The lowest BCUT2D eigenvalue weighted by Crippen LogP contribution is -2.34. The Morgan fingerprint density at radius 3 is 2.79 bits per heavy atom. The first kappa shape index (κ1) is 18.8. The predicted octanol–water partition coefficient (Wildman–Crippen LogP) is 2.99. The van der Waals surface area contributed by atoms with Gasteiger partial charge in [0, 0.05) is 4.47 Å². The van der Waals surface area contributed by atoms with Crippen LogP contribution in [0, 0.1) is 6.92 Å². The van der Waals surface area contributed by atoms with E-state index in [1.54, 1.807) is 35.9 Å². The molecule has 144 valence electrons. The highest BCUT2D eigenvalue weighted by Crippen LogP contribution is 2.32. The Labute approximate surface area is 170 Å². The third-order valence-electron chi connectivity index (χ3n) is 4.77. The number of fused-ring (bicyclic) bond motifs is 1. The topological polar surface area (TPSA) is 93.9 Å². The second-order valence-electron chi connectivity index (χ2n) is 6.59. The zero-order valence-corrected chi connectivity index (χ0v) is 17.4. The number of carbonyl (C=O) groups excluding carboxylic acids is 1. The normalized spacial score (nSPS) is 17.7. The molecule has 1 N–H and O–H groups in total. The van der Waals surface area contributed by atoms with Gasteiger partial charge < -0.3 is 5.32 Å². The molecule has 1 amide bonds. The molecule has 3 aromatic rings. The summed E-state index contributed by atoms with van der Waals surface area (Å²) in [6, 6.07) is 13.9. The van der Waals surface area contributed by atoms with E-state index in [-0.39, 0.29) is 28.3 Å². The highest BCUT2D eigenvalue weighted by molar-refractivity contribution is 9.10. The van der Waals surface area contributed by atoms with E-state index in [2.05, 4.69) is 31.6 Å². The van der Waals surface area contributed by atoms with Crippen LogP contribution in [-0.2, 0) is 9.84 Å². The Morgan fingerprint density at radius 1 is 1.21 bits per heavy atom. The molecule has 7 nitrogen and oxygen atoms in total. The fourth-order valence-electron chi connectivity index (χ4n) is 3.36.